The monoisotopic (exact) mass is 256 g/mol. The Hall–Kier alpha value is -2.37. The fourth-order valence-electron chi connectivity index (χ4n) is 0.522. The standard InChI is InChI=1S/C7H8O4.C5H8O2/c1-5(7(10)11-2)3-4-6(8)9;1-3-4(2)5(6)7/h3-4H,1H2,2H3,(H,8,9);2-3H2,1H3,(H,6,7). The SMILES string of the molecule is C=C(C=CC(=O)O)C(=O)OC.C=C(CC)C(=O)O. The van der Waals surface area contributed by atoms with Gasteiger partial charge < -0.3 is 14.9 Å². The van der Waals surface area contributed by atoms with Gasteiger partial charge in [-0.15, -0.1) is 0 Å². The van der Waals surface area contributed by atoms with Crippen molar-refractivity contribution in [3.63, 3.8) is 0 Å². The van der Waals surface area contributed by atoms with E-state index in [-0.39, 0.29) is 11.1 Å². The van der Waals surface area contributed by atoms with Crippen molar-refractivity contribution in [1.82, 2.24) is 0 Å². The van der Waals surface area contributed by atoms with Crippen LogP contribution < -0.4 is 0 Å². The molecule has 0 amide bonds. The molecule has 0 aromatic heterocycles. The normalized spacial score (nSPS) is 9.00. The largest absolute Gasteiger partial charge is 0.478 e. The van der Waals surface area contributed by atoms with Gasteiger partial charge in [0.05, 0.1) is 12.7 Å². The fourth-order valence-corrected chi connectivity index (χ4v) is 0.522. The van der Waals surface area contributed by atoms with Gasteiger partial charge in [0, 0.05) is 11.6 Å². The topological polar surface area (TPSA) is 101 Å². The average molecular weight is 256 g/mol. The molecule has 0 saturated carbocycles. The zero-order valence-corrected chi connectivity index (χ0v) is 10.3. The zero-order chi connectivity index (χ0) is 14.7. The van der Waals surface area contributed by atoms with Gasteiger partial charge in [-0.25, -0.2) is 14.4 Å². The van der Waals surface area contributed by atoms with Crippen molar-refractivity contribution in [1.29, 1.82) is 0 Å². The first-order chi connectivity index (χ1) is 8.26. The molecule has 6 nitrogen and oxygen atoms in total. The number of methoxy groups -OCH3 is 1. The number of aliphatic carboxylic acids is 2. The highest BCUT2D eigenvalue weighted by molar-refractivity contribution is 5.92. The number of ether oxygens (including phenoxy) is 1. The molecule has 0 rings (SSSR count). The summed E-state index contributed by atoms with van der Waals surface area (Å²) in [5.41, 5.74) is 0.273. The quantitative estimate of drug-likeness (QED) is 0.438. The van der Waals surface area contributed by atoms with Gasteiger partial charge >= 0.3 is 17.9 Å². The lowest BCUT2D eigenvalue weighted by atomic mass is 10.2. The van der Waals surface area contributed by atoms with Crippen molar-refractivity contribution < 1.29 is 29.3 Å². The van der Waals surface area contributed by atoms with Crippen LogP contribution in [0.5, 0.6) is 0 Å². The molecule has 0 fully saturated rings. The number of rotatable bonds is 5. The van der Waals surface area contributed by atoms with E-state index in [2.05, 4.69) is 17.9 Å². The number of hydrogen-bond donors (Lipinski definition) is 2. The number of carbonyl (C=O) groups excluding carboxylic acids is 1. The summed E-state index contributed by atoms with van der Waals surface area (Å²) in [7, 11) is 1.20. The molecule has 0 aliphatic heterocycles. The van der Waals surface area contributed by atoms with Gasteiger partial charge in [-0.1, -0.05) is 20.1 Å². The lowest BCUT2D eigenvalue weighted by Crippen LogP contribution is -2.01. The minimum absolute atomic E-state index is 0.00917. The summed E-state index contributed by atoms with van der Waals surface area (Å²) < 4.78 is 4.26. The highest BCUT2D eigenvalue weighted by Gasteiger charge is 2.01. The Morgan fingerprint density at radius 3 is 1.89 bits per heavy atom. The van der Waals surface area contributed by atoms with Gasteiger partial charge in [-0.3, -0.25) is 0 Å². The fraction of sp³-hybridized carbons (Fsp3) is 0.250. The van der Waals surface area contributed by atoms with Crippen LogP contribution in [0.2, 0.25) is 0 Å². The molecular formula is C12H16O6. The third-order valence-corrected chi connectivity index (χ3v) is 1.60. The maximum atomic E-state index is 10.6. The van der Waals surface area contributed by atoms with E-state index >= 15 is 0 Å². The molecule has 0 aliphatic rings. The highest BCUT2D eigenvalue weighted by atomic mass is 16.5. The number of carboxylic acid groups (broad SMARTS) is 2. The Kier molecular flexibility index (Phi) is 9.83. The summed E-state index contributed by atoms with van der Waals surface area (Å²) in [6, 6.07) is 0. The van der Waals surface area contributed by atoms with E-state index in [1.807, 2.05) is 0 Å². The van der Waals surface area contributed by atoms with Crippen LogP contribution in [0.3, 0.4) is 0 Å². The van der Waals surface area contributed by atoms with E-state index in [4.69, 9.17) is 10.2 Å². The molecule has 0 aromatic rings. The van der Waals surface area contributed by atoms with Crippen LogP contribution in [-0.4, -0.2) is 35.2 Å². The van der Waals surface area contributed by atoms with Crippen molar-refractivity contribution in [3.05, 3.63) is 36.5 Å². The molecule has 0 bridgehead atoms. The van der Waals surface area contributed by atoms with Crippen LogP contribution in [0.1, 0.15) is 13.3 Å². The van der Waals surface area contributed by atoms with Crippen LogP contribution in [0.15, 0.2) is 36.5 Å². The summed E-state index contributed by atoms with van der Waals surface area (Å²) in [6.07, 6.45) is 2.42. The van der Waals surface area contributed by atoms with E-state index < -0.39 is 17.9 Å². The molecule has 0 radical (unpaired) electrons. The molecule has 100 valence electrons. The van der Waals surface area contributed by atoms with Gasteiger partial charge in [0.15, 0.2) is 0 Å². The highest BCUT2D eigenvalue weighted by Crippen LogP contribution is 1.94. The van der Waals surface area contributed by atoms with E-state index in [0.717, 1.165) is 12.2 Å². The van der Waals surface area contributed by atoms with Gasteiger partial charge in [-0.05, 0) is 12.5 Å². The van der Waals surface area contributed by atoms with E-state index in [0.29, 0.717) is 6.42 Å². The van der Waals surface area contributed by atoms with Crippen LogP contribution in [0.4, 0.5) is 0 Å². The average Bonchev–Trinajstić information content (AvgIpc) is 2.34. The summed E-state index contributed by atoms with van der Waals surface area (Å²) in [5, 5.41) is 16.2. The molecule has 0 heterocycles. The molecule has 6 heteroatoms. The van der Waals surface area contributed by atoms with Crippen molar-refractivity contribution in [2.75, 3.05) is 7.11 Å². The molecule has 0 unspecified atom stereocenters. The van der Waals surface area contributed by atoms with E-state index in [1.165, 1.54) is 7.11 Å². The second kappa shape index (κ2) is 9.83. The van der Waals surface area contributed by atoms with Crippen LogP contribution >= 0.6 is 0 Å². The molecule has 0 aromatic carbocycles. The third kappa shape index (κ3) is 10.2. The maximum Gasteiger partial charge on any atom is 0.337 e. The maximum absolute atomic E-state index is 10.6. The Morgan fingerprint density at radius 2 is 1.67 bits per heavy atom. The van der Waals surface area contributed by atoms with Crippen molar-refractivity contribution in [2.45, 2.75) is 13.3 Å². The predicted molar refractivity (Wildman–Crippen MR) is 65.0 cm³/mol. The number of carboxylic acids is 2. The lowest BCUT2D eigenvalue weighted by Gasteiger charge is -1.94. The molecule has 2 N–H and O–H groups in total. The van der Waals surface area contributed by atoms with Gasteiger partial charge in [0.2, 0.25) is 0 Å². The second-order valence-corrected chi connectivity index (χ2v) is 2.95. The Labute approximate surface area is 105 Å². The molecule has 0 spiro atoms. The minimum Gasteiger partial charge on any atom is -0.478 e. The Morgan fingerprint density at radius 1 is 1.17 bits per heavy atom. The first-order valence-corrected chi connectivity index (χ1v) is 4.85. The Bertz CT molecular complexity index is 378. The van der Waals surface area contributed by atoms with E-state index in [9.17, 15) is 14.4 Å². The Balaban J connectivity index is 0. The third-order valence-electron chi connectivity index (χ3n) is 1.60. The summed E-state index contributed by atoms with van der Waals surface area (Å²) >= 11 is 0. The van der Waals surface area contributed by atoms with Crippen LogP contribution in [-0.2, 0) is 19.1 Å². The summed E-state index contributed by atoms with van der Waals surface area (Å²) in [5.74, 6) is -2.67. The molecule has 0 saturated heterocycles. The van der Waals surface area contributed by atoms with Gasteiger partial charge in [0.1, 0.15) is 0 Å². The van der Waals surface area contributed by atoms with Crippen molar-refractivity contribution >= 4 is 17.9 Å². The molecular weight excluding hydrogens is 240 g/mol. The van der Waals surface area contributed by atoms with Gasteiger partial charge in [-0.2, -0.15) is 0 Å². The summed E-state index contributed by atoms with van der Waals surface area (Å²) in [6.45, 7) is 8.31. The van der Waals surface area contributed by atoms with Crippen molar-refractivity contribution in [2.24, 2.45) is 0 Å². The lowest BCUT2D eigenvalue weighted by molar-refractivity contribution is -0.135. The van der Waals surface area contributed by atoms with Crippen molar-refractivity contribution in [3.8, 4) is 0 Å². The number of hydrogen-bond acceptors (Lipinski definition) is 4. The second-order valence-electron chi connectivity index (χ2n) is 2.95. The van der Waals surface area contributed by atoms with Crippen LogP contribution in [0.25, 0.3) is 0 Å². The zero-order valence-electron chi connectivity index (χ0n) is 10.3. The predicted octanol–water partition coefficient (Wildman–Crippen LogP) is 1.39. The first-order valence-electron chi connectivity index (χ1n) is 4.85. The molecule has 18 heavy (non-hydrogen) atoms. The summed E-state index contributed by atoms with van der Waals surface area (Å²) in [4.78, 5) is 30.3. The van der Waals surface area contributed by atoms with Crippen LogP contribution in [0, 0.1) is 0 Å². The molecule has 0 atom stereocenters. The van der Waals surface area contributed by atoms with Gasteiger partial charge in [0.25, 0.3) is 0 Å². The van der Waals surface area contributed by atoms with E-state index in [1.54, 1.807) is 6.92 Å². The smallest absolute Gasteiger partial charge is 0.337 e. The number of carbonyl (C=O) groups is 3. The number of esters is 1. The molecule has 0 aliphatic carbocycles. The minimum atomic E-state index is -1.13. The first kappa shape index (κ1) is 18.0.